The molecule has 1 aliphatic carbocycles. The highest BCUT2D eigenvalue weighted by Gasteiger charge is 2.39. The first kappa shape index (κ1) is 40.1. The van der Waals surface area contributed by atoms with Gasteiger partial charge in [0.2, 0.25) is 0 Å². The van der Waals surface area contributed by atoms with Gasteiger partial charge in [0.25, 0.3) is 0 Å². The molecule has 2 saturated heterocycles. The van der Waals surface area contributed by atoms with E-state index in [1.54, 1.807) is 16.8 Å². The molecule has 2 aliphatic heterocycles. The molecule has 8 N–H and O–H groups in total. The van der Waals surface area contributed by atoms with E-state index in [4.69, 9.17) is 9.97 Å². The Morgan fingerprint density at radius 2 is 1.41 bits per heavy atom. The lowest BCUT2D eigenvalue weighted by Gasteiger charge is -2.24. The van der Waals surface area contributed by atoms with E-state index >= 15 is 0 Å². The van der Waals surface area contributed by atoms with Gasteiger partial charge >= 0.3 is 6.18 Å². The Bertz CT molecular complexity index is 2220. The smallest absolute Gasteiger partial charge is 0.390 e. The maximum absolute atomic E-state index is 14.2. The van der Waals surface area contributed by atoms with Crippen LogP contribution >= 0.6 is 0 Å². The summed E-state index contributed by atoms with van der Waals surface area (Å²) >= 11 is 0. The van der Waals surface area contributed by atoms with Gasteiger partial charge in [0.05, 0.1) is 48.3 Å². The SMILES string of the molecule is CC(C)c1cnn2c(NCc3ccc(C(F)(F)F)cc3C3NC[C@H](Nc4cc(NCC5CCCCC5)n5ncc(C(C)C)c5n4)[C@@H]3O)cc(N[C@H]3CNC[C@H]3O)nc12. The van der Waals surface area contributed by atoms with Crippen molar-refractivity contribution < 1.29 is 23.4 Å². The monoisotopic (exact) mass is 804 g/mol. The van der Waals surface area contributed by atoms with Crippen LogP contribution in [0.2, 0.25) is 0 Å². The zero-order chi connectivity index (χ0) is 40.7. The molecule has 3 fully saturated rings. The van der Waals surface area contributed by atoms with Crippen LogP contribution in [0.25, 0.3) is 11.3 Å². The van der Waals surface area contributed by atoms with Gasteiger partial charge in [-0.15, -0.1) is 0 Å². The normalized spacial score (nSPS) is 23.1. The van der Waals surface area contributed by atoms with Gasteiger partial charge in [-0.3, -0.25) is 0 Å². The summed E-state index contributed by atoms with van der Waals surface area (Å²) in [6.07, 6.45) is 3.47. The summed E-state index contributed by atoms with van der Waals surface area (Å²) in [6.45, 7) is 10.6. The van der Waals surface area contributed by atoms with Crippen molar-refractivity contribution >= 4 is 34.6 Å². The van der Waals surface area contributed by atoms with E-state index in [9.17, 15) is 23.4 Å². The Morgan fingerprint density at radius 3 is 2.00 bits per heavy atom. The van der Waals surface area contributed by atoms with Gasteiger partial charge in [0, 0.05) is 56.0 Å². The van der Waals surface area contributed by atoms with Gasteiger partial charge in [-0.1, -0.05) is 53.0 Å². The van der Waals surface area contributed by atoms with E-state index in [0.29, 0.717) is 58.9 Å². The number of aromatic nitrogens is 6. The number of anilines is 4. The number of alkyl halides is 3. The second-order valence-corrected chi connectivity index (χ2v) is 16.8. The molecule has 312 valence electrons. The first-order valence-corrected chi connectivity index (χ1v) is 20.6. The largest absolute Gasteiger partial charge is 0.416 e. The number of β-amino-alcohol motifs (C(OH)–C–C–N with tert-alkyl or cyclic N) is 1. The minimum atomic E-state index is -4.58. The molecule has 0 radical (unpaired) electrons. The number of hydrogen-bond acceptors (Lipinski definition) is 12. The quantitative estimate of drug-likeness (QED) is 0.0713. The molecule has 5 aromatic rings. The Kier molecular flexibility index (Phi) is 11.4. The second kappa shape index (κ2) is 16.5. The van der Waals surface area contributed by atoms with Crippen molar-refractivity contribution in [2.24, 2.45) is 5.92 Å². The van der Waals surface area contributed by atoms with Gasteiger partial charge in [-0.2, -0.15) is 32.4 Å². The average Bonchev–Trinajstić information content (AvgIpc) is 4.00. The van der Waals surface area contributed by atoms with E-state index in [-0.39, 0.29) is 31.0 Å². The molecule has 1 saturated carbocycles. The summed E-state index contributed by atoms with van der Waals surface area (Å²) in [5.74, 6) is 3.34. The molecule has 3 aliphatic rings. The molecule has 0 bridgehead atoms. The summed E-state index contributed by atoms with van der Waals surface area (Å²) in [5, 5.41) is 51.8. The summed E-state index contributed by atoms with van der Waals surface area (Å²) < 4.78 is 46.1. The number of rotatable bonds is 13. The van der Waals surface area contributed by atoms with E-state index in [1.807, 2.05) is 16.8 Å². The second-order valence-electron chi connectivity index (χ2n) is 16.8. The molecule has 8 rings (SSSR count). The maximum atomic E-state index is 14.2. The van der Waals surface area contributed by atoms with Gasteiger partial charge in [0.15, 0.2) is 11.3 Å². The fourth-order valence-electron chi connectivity index (χ4n) is 8.57. The van der Waals surface area contributed by atoms with Gasteiger partial charge in [-0.05, 0) is 53.9 Å². The molecule has 58 heavy (non-hydrogen) atoms. The van der Waals surface area contributed by atoms with Gasteiger partial charge in [0.1, 0.15) is 23.3 Å². The van der Waals surface area contributed by atoms with E-state index in [1.165, 1.54) is 38.2 Å². The first-order chi connectivity index (χ1) is 27.8. The third kappa shape index (κ3) is 8.26. The van der Waals surface area contributed by atoms with Crippen molar-refractivity contribution in [3.8, 4) is 0 Å². The van der Waals surface area contributed by atoms with Crippen LogP contribution in [0.5, 0.6) is 0 Å². The highest BCUT2D eigenvalue weighted by Crippen LogP contribution is 2.36. The van der Waals surface area contributed by atoms with E-state index < -0.39 is 36.0 Å². The lowest BCUT2D eigenvalue weighted by atomic mass is 9.89. The zero-order valence-corrected chi connectivity index (χ0v) is 33.4. The van der Waals surface area contributed by atoms with Crippen molar-refractivity contribution in [3.05, 3.63) is 70.5 Å². The predicted molar refractivity (Wildman–Crippen MR) is 218 cm³/mol. The highest BCUT2D eigenvalue weighted by molar-refractivity contribution is 5.63. The van der Waals surface area contributed by atoms with Crippen LogP contribution in [0.1, 0.15) is 105 Å². The minimum Gasteiger partial charge on any atom is -0.390 e. The van der Waals surface area contributed by atoms with Crippen molar-refractivity contribution in [1.82, 2.24) is 39.8 Å². The molecule has 17 heteroatoms. The molecule has 1 unspecified atom stereocenters. The Morgan fingerprint density at radius 1 is 0.793 bits per heavy atom. The lowest BCUT2D eigenvalue weighted by molar-refractivity contribution is -0.137. The number of halogens is 3. The fourth-order valence-corrected chi connectivity index (χ4v) is 8.57. The lowest BCUT2D eigenvalue weighted by Crippen LogP contribution is -2.34. The summed E-state index contributed by atoms with van der Waals surface area (Å²) in [6, 6.07) is 5.74. The predicted octanol–water partition coefficient (Wildman–Crippen LogP) is 5.87. The standard InChI is InChI=1S/C41H55F3N12O2/c1-22(2)28-18-50-56-36(13-33(53-39(28)56)51-30-19-45-21-32(30)57)47-16-25-10-11-26(41(42,43)44)12-27(25)37-38(58)31(20-48-37)52-34-14-35(46-15-24-8-6-5-7-9-24)55-40(54-34)29(17-49-55)23(3)4/h10-14,17-18,22-24,30-32,37-38,45-48,57-58H,5-9,15-16,19-21H2,1-4H3,(H,51,53)(H,52,54)/t30-,31-,32+,37?,38-/m0/s1. The van der Waals surface area contributed by atoms with Crippen LogP contribution in [-0.4, -0.2) is 89.9 Å². The number of benzene rings is 1. The Labute approximate surface area is 335 Å². The molecule has 4 aromatic heterocycles. The molecule has 14 nitrogen and oxygen atoms in total. The minimum absolute atomic E-state index is 0.128. The maximum Gasteiger partial charge on any atom is 0.416 e. The fraction of sp³-hybridized carbons (Fsp3) is 0.561. The van der Waals surface area contributed by atoms with Crippen molar-refractivity contribution in [2.75, 3.05) is 47.4 Å². The number of nitrogens with zero attached hydrogens (tertiary/aromatic N) is 6. The molecule has 6 heterocycles. The highest BCUT2D eigenvalue weighted by atomic mass is 19.4. The van der Waals surface area contributed by atoms with Gasteiger partial charge in [-0.25, -0.2) is 9.97 Å². The van der Waals surface area contributed by atoms with Crippen LogP contribution in [-0.2, 0) is 12.7 Å². The van der Waals surface area contributed by atoms with E-state index in [0.717, 1.165) is 35.6 Å². The van der Waals surface area contributed by atoms with Crippen LogP contribution in [0.15, 0.2) is 42.7 Å². The van der Waals surface area contributed by atoms with Crippen LogP contribution in [0.3, 0.4) is 0 Å². The number of nitrogens with one attached hydrogen (secondary N) is 6. The van der Waals surface area contributed by atoms with Crippen LogP contribution in [0, 0.1) is 5.92 Å². The van der Waals surface area contributed by atoms with E-state index in [2.05, 4.69) is 69.8 Å². The van der Waals surface area contributed by atoms with Crippen molar-refractivity contribution in [2.45, 2.75) is 115 Å². The molecule has 5 atom stereocenters. The Balaban J connectivity index is 1.06. The first-order valence-electron chi connectivity index (χ1n) is 20.6. The van der Waals surface area contributed by atoms with Crippen molar-refractivity contribution in [1.29, 1.82) is 0 Å². The van der Waals surface area contributed by atoms with Crippen molar-refractivity contribution in [3.63, 3.8) is 0 Å². The summed E-state index contributed by atoms with van der Waals surface area (Å²) in [4.78, 5) is 9.76. The topological polar surface area (TPSA) is 173 Å². The molecule has 0 spiro atoms. The summed E-state index contributed by atoms with van der Waals surface area (Å²) in [7, 11) is 0. The zero-order valence-electron chi connectivity index (χ0n) is 33.4. The Hall–Kier alpha value is -4.71. The number of hydrogen-bond donors (Lipinski definition) is 8. The molecular formula is C41H55F3N12O2. The summed E-state index contributed by atoms with van der Waals surface area (Å²) in [5.41, 5.74) is 3.38. The molecule has 0 amide bonds. The van der Waals surface area contributed by atoms with Crippen LogP contribution < -0.4 is 31.9 Å². The number of fused-ring (bicyclic) bond motifs is 2. The third-order valence-electron chi connectivity index (χ3n) is 12.0. The number of aliphatic hydroxyl groups excluding tert-OH is 2. The van der Waals surface area contributed by atoms with Crippen LogP contribution in [0.4, 0.5) is 36.4 Å². The molecule has 1 aromatic carbocycles. The third-order valence-corrected chi connectivity index (χ3v) is 12.0. The average molecular weight is 805 g/mol. The van der Waals surface area contributed by atoms with Gasteiger partial charge < -0.3 is 42.1 Å². The number of aliphatic hydroxyl groups is 2. The molecular weight excluding hydrogens is 750 g/mol.